The molecule has 152 valence electrons. The molecule has 7 nitrogen and oxygen atoms in total. The van der Waals surface area contributed by atoms with Crippen LogP contribution < -0.4 is 9.64 Å². The quantitative estimate of drug-likeness (QED) is 0.637. The number of nitrogens with zero attached hydrogens (tertiary/aromatic N) is 4. The number of hydrogen-bond acceptors (Lipinski definition) is 7. The monoisotopic (exact) mass is 414 g/mol. The lowest BCUT2D eigenvalue weighted by molar-refractivity contribution is 0.0663. The molecule has 0 bridgehead atoms. The van der Waals surface area contributed by atoms with Crippen molar-refractivity contribution in [2.45, 2.75) is 6.10 Å². The number of rotatable bonds is 7. The molecule has 0 spiro atoms. The molecule has 1 atom stereocenters. The van der Waals surface area contributed by atoms with Crippen molar-refractivity contribution < 1.29 is 14.3 Å². The zero-order chi connectivity index (χ0) is 20.1. The molecule has 2 aromatic carbocycles. The Bertz CT molecular complexity index is 914. The van der Waals surface area contributed by atoms with Crippen molar-refractivity contribution in [2.24, 2.45) is 0 Å². The maximum Gasteiger partial charge on any atom is 0.247 e. The molecule has 3 aromatic rings. The van der Waals surface area contributed by atoms with Crippen LogP contribution >= 0.6 is 11.6 Å². The summed E-state index contributed by atoms with van der Waals surface area (Å²) in [4.78, 5) is 4.57. The lowest BCUT2D eigenvalue weighted by atomic mass is 10.2. The van der Waals surface area contributed by atoms with E-state index < -0.39 is 6.10 Å². The van der Waals surface area contributed by atoms with Crippen LogP contribution in [0.15, 0.2) is 59.3 Å². The maximum absolute atomic E-state index is 10.4. The first kappa shape index (κ1) is 19.7. The van der Waals surface area contributed by atoms with Gasteiger partial charge in [-0.2, -0.15) is 0 Å². The lowest BCUT2D eigenvalue weighted by Crippen LogP contribution is -2.49. The summed E-state index contributed by atoms with van der Waals surface area (Å²) in [6.07, 6.45) is 0.721. The van der Waals surface area contributed by atoms with Gasteiger partial charge in [-0.3, -0.25) is 4.90 Å². The largest absolute Gasteiger partial charge is 0.491 e. The fourth-order valence-corrected chi connectivity index (χ4v) is 3.61. The summed E-state index contributed by atoms with van der Waals surface area (Å²) in [5.41, 5.74) is 1.92. The fourth-order valence-electron chi connectivity index (χ4n) is 3.42. The first-order chi connectivity index (χ1) is 14.2. The number of aliphatic hydroxyl groups is 1. The van der Waals surface area contributed by atoms with Crippen molar-refractivity contribution in [3.8, 4) is 17.2 Å². The molecule has 0 saturated carbocycles. The molecular formula is C21H23ClN4O3. The molecule has 0 unspecified atom stereocenters. The van der Waals surface area contributed by atoms with Gasteiger partial charge in [-0.25, -0.2) is 0 Å². The molecule has 4 rings (SSSR count). The highest BCUT2D eigenvalue weighted by Crippen LogP contribution is 2.22. The number of aromatic nitrogens is 2. The van der Waals surface area contributed by atoms with Crippen LogP contribution in [0.1, 0.15) is 0 Å². The average Bonchev–Trinajstić information content (AvgIpc) is 3.28. The Hall–Kier alpha value is -2.61. The molecule has 1 aliphatic rings. The van der Waals surface area contributed by atoms with Crippen LogP contribution in [0.4, 0.5) is 5.69 Å². The van der Waals surface area contributed by atoms with Gasteiger partial charge in [0.2, 0.25) is 12.3 Å². The molecular weight excluding hydrogens is 392 g/mol. The van der Waals surface area contributed by atoms with Crippen LogP contribution in [0, 0.1) is 0 Å². The van der Waals surface area contributed by atoms with Crippen LogP contribution in [0.25, 0.3) is 11.5 Å². The third-order valence-corrected chi connectivity index (χ3v) is 5.13. The minimum Gasteiger partial charge on any atom is -0.491 e. The number of anilines is 1. The summed E-state index contributed by atoms with van der Waals surface area (Å²) in [7, 11) is 0. The van der Waals surface area contributed by atoms with Crippen LogP contribution in [0.5, 0.6) is 5.75 Å². The molecule has 0 radical (unpaired) electrons. The zero-order valence-corrected chi connectivity index (χ0v) is 16.7. The molecule has 2 heterocycles. The Balaban J connectivity index is 1.24. The normalized spacial score (nSPS) is 16.0. The van der Waals surface area contributed by atoms with Gasteiger partial charge in [-0.15, -0.1) is 10.2 Å². The average molecular weight is 415 g/mol. The SMILES string of the molecule is O[C@@H](COc1cccc(-c2nnco2)c1)CN1CCN(c2cccc(Cl)c2)CC1. The second-order valence-electron chi connectivity index (χ2n) is 7.00. The van der Waals surface area contributed by atoms with Gasteiger partial charge in [-0.1, -0.05) is 23.7 Å². The first-order valence-corrected chi connectivity index (χ1v) is 9.95. The highest BCUT2D eigenvalue weighted by Gasteiger charge is 2.20. The van der Waals surface area contributed by atoms with Gasteiger partial charge in [0.1, 0.15) is 18.5 Å². The third-order valence-electron chi connectivity index (χ3n) is 4.90. The second-order valence-corrected chi connectivity index (χ2v) is 7.44. The summed E-state index contributed by atoms with van der Waals surface area (Å²) in [6.45, 7) is 4.38. The summed E-state index contributed by atoms with van der Waals surface area (Å²) in [5.74, 6) is 1.10. The first-order valence-electron chi connectivity index (χ1n) is 9.58. The molecule has 1 fully saturated rings. The summed E-state index contributed by atoms with van der Waals surface area (Å²) < 4.78 is 11.0. The predicted octanol–water partition coefficient (Wildman–Crippen LogP) is 2.95. The molecule has 1 N–H and O–H groups in total. The fraction of sp³-hybridized carbons (Fsp3) is 0.333. The Morgan fingerprint density at radius 2 is 1.93 bits per heavy atom. The number of aliphatic hydroxyl groups excluding tert-OH is 1. The van der Waals surface area contributed by atoms with E-state index in [0.717, 1.165) is 42.5 Å². The molecule has 8 heteroatoms. The highest BCUT2D eigenvalue weighted by atomic mass is 35.5. The summed E-state index contributed by atoms with van der Waals surface area (Å²) in [5, 5.41) is 18.7. The third kappa shape index (κ3) is 5.26. The van der Waals surface area contributed by atoms with Gasteiger partial charge in [0.25, 0.3) is 0 Å². The topological polar surface area (TPSA) is 74.9 Å². The standard InChI is InChI=1S/C21H23ClN4O3/c22-17-4-2-5-18(12-17)26-9-7-25(8-10-26)13-19(27)14-28-20-6-1-3-16(11-20)21-24-23-15-29-21/h1-6,11-12,15,19,27H,7-10,13-14H2/t19-/m1/s1. The number of benzene rings is 2. The van der Waals surface area contributed by atoms with Crippen molar-refractivity contribution in [1.82, 2.24) is 15.1 Å². The van der Waals surface area contributed by atoms with E-state index >= 15 is 0 Å². The molecule has 1 aliphatic heterocycles. The smallest absolute Gasteiger partial charge is 0.247 e. The van der Waals surface area contributed by atoms with Crippen LogP contribution in [0.2, 0.25) is 5.02 Å². The van der Waals surface area contributed by atoms with Crippen molar-refractivity contribution >= 4 is 17.3 Å². The Kier molecular flexibility index (Phi) is 6.29. The number of halogens is 1. The molecule has 29 heavy (non-hydrogen) atoms. The van der Waals surface area contributed by atoms with E-state index in [-0.39, 0.29) is 6.61 Å². The molecule has 1 saturated heterocycles. The van der Waals surface area contributed by atoms with Gasteiger partial charge >= 0.3 is 0 Å². The lowest BCUT2D eigenvalue weighted by Gasteiger charge is -2.36. The number of hydrogen-bond donors (Lipinski definition) is 1. The maximum atomic E-state index is 10.4. The summed E-state index contributed by atoms with van der Waals surface area (Å²) >= 11 is 6.09. The Morgan fingerprint density at radius 1 is 1.10 bits per heavy atom. The summed E-state index contributed by atoms with van der Waals surface area (Å²) in [6, 6.07) is 15.3. The van der Waals surface area contributed by atoms with E-state index in [1.807, 2.05) is 42.5 Å². The molecule has 0 amide bonds. The highest BCUT2D eigenvalue weighted by molar-refractivity contribution is 6.30. The van der Waals surface area contributed by atoms with Gasteiger partial charge in [0.05, 0.1) is 0 Å². The zero-order valence-electron chi connectivity index (χ0n) is 15.9. The van der Waals surface area contributed by atoms with Crippen molar-refractivity contribution in [2.75, 3.05) is 44.2 Å². The van der Waals surface area contributed by atoms with Crippen LogP contribution in [-0.2, 0) is 0 Å². The second kappa shape index (κ2) is 9.26. The van der Waals surface area contributed by atoms with E-state index in [9.17, 15) is 5.11 Å². The van der Waals surface area contributed by atoms with Gasteiger partial charge < -0.3 is 19.2 Å². The van der Waals surface area contributed by atoms with Crippen LogP contribution in [0.3, 0.4) is 0 Å². The Morgan fingerprint density at radius 3 is 2.69 bits per heavy atom. The van der Waals surface area contributed by atoms with Gasteiger partial charge in [0.15, 0.2) is 0 Å². The van der Waals surface area contributed by atoms with Gasteiger partial charge in [-0.05, 0) is 36.4 Å². The predicted molar refractivity (Wildman–Crippen MR) is 111 cm³/mol. The van der Waals surface area contributed by atoms with E-state index in [1.165, 1.54) is 6.39 Å². The van der Waals surface area contributed by atoms with Crippen molar-refractivity contribution in [1.29, 1.82) is 0 Å². The molecule has 1 aromatic heterocycles. The number of piperazine rings is 1. The van der Waals surface area contributed by atoms with E-state index in [1.54, 1.807) is 0 Å². The van der Waals surface area contributed by atoms with Gasteiger partial charge in [0, 0.05) is 49.0 Å². The minimum absolute atomic E-state index is 0.224. The van der Waals surface area contributed by atoms with E-state index in [4.69, 9.17) is 20.8 Å². The van der Waals surface area contributed by atoms with Crippen molar-refractivity contribution in [3.05, 3.63) is 59.9 Å². The molecule has 0 aliphatic carbocycles. The van der Waals surface area contributed by atoms with E-state index in [2.05, 4.69) is 26.1 Å². The van der Waals surface area contributed by atoms with Crippen LogP contribution in [-0.4, -0.2) is 65.6 Å². The van der Waals surface area contributed by atoms with E-state index in [0.29, 0.717) is 18.2 Å². The number of ether oxygens (including phenoxy) is 1. The minimum atomic E-state index is -0.570. The Labute approximate surface area is 174 Å². The van der Waals surface area contributed by atoms with Crippen molar-refractivity contribution in [3.63, 3.8) is 0 Å². The number of β-amino-alcohol motifs (C(OH)–C–C–N with tert-alkyl or cyclic N) is 1.